The van der Waals surface area contributed by atoms with Crippen LogP contribution in [0, 0.1) is 0 Å². The van der Waals surface area contributed by atoms with Crippen LogP contribution in [0.3, 0.4) is 0 Å². The van der Waals surface area contributed by atoms with Crippen LogP contribution in [0.4, 0.5) is 0 Å². The lowest BCUT2D eigenvalue weighted by Crippen LogP contribution is -2.33. The largest absolute Gasteiger partial charge is 0.507 e. The Morgan fingerprint density at radius 2 is 2.00 bits per heavy atom. The molecule has 0 aromatic heterocycles. The van der Waals surface area contributed by atoms with Crippen molar-refractivity contribution < 1.29 is 15.0 Å². The van der Waals surface area contributed by atoms with Crippen LogP contribution < -0.4 is 0 Å². The summed E-state index contributed by atoms with van der Waals surface area (Å²) in [5, 5.41) is 19.7. The number of rotatable bonds is 4. The van der Waals surface area contributed by atoms with Gasteiger partial charge in [0.15, 0.2) is 0 Å². The van der Waals surface area contributed by atoms with Crippen molar-refractivity contribution in [1.82, 2.24) is 0 Å². The van der Waals surface area contributed by atoms with Gasteiger partial charge in [0, 0.05) is 16.3 Å². The van der Waals surface area contributed by atoms with Crippen LogP contribution >= 0.6 is 15.9 Å². The molecule has 5 heteroatoms. The van der Waals surface area contributed by atoms with E-state index in [1.807, 2.05) is 36.4 Å². The summed E-state index contributed by atoms with van der Waals surface area (Å²) in [7, 11) is 0. The second-order valence-electron chi connectivity index (χ2n) is 6.13. The van der Waals surface area contributed by atoms with Gasteiger partial charge in [-0.2, -0.15) is 0 Å². The SMILES string of the molecule is O=C(O)[C@@]1(c2ccccc2)CC[C@@H](N=Cc2ccc(Br)cc2O)C1. The lowest BCUT2D eigenvalue weighted by Gasteiger charge is -2.24. The van der Waals surface area contributed by atoms with Crippen LogP contribution in [-0.2, 0) is 10.2 Å². The number of hydrogen-bond donors (Lipinski definition) is 2. The quantitative estimate of drug-likeness (QED) is 0.774. The van der Waals surface area contributed by atoms with Crippen molar-refractivity contribution in [3.63, 3.8) is 0 Å². The number of aromatic hydroxyl groups is 1. The molecule has 3 rings (SSSR count). The molecule has 4 nitrogen and oxygen atoms in total. The van der Waals surface area contributed by atoms with Gasteiger partial charge in [0.2, 0.25) is 0 Å². The molecular formula is C19H18BrNO3. The smallest absolute Gasteiger partial charge is 0.314 e. The molecule has 0 heterocycles. The van der Waals surface area contributed by atoms with Gasteiger partial charge in [-0.3, -0.25) is 9.79 Å². The Kier molecular flexibility index (Phi) is 4.71. The number of carboxylic acid groups (broad SMARTS) is 1. The van der Waals surface area contributed by atoms with E-state index >= 15 is 0 Å². The van der Waals surface area contributed by atoms with E-state index in [-0.39, 0.29) is 11.8 Å². The summed E-state index contributed by atoms with van der Waals surface area (Å²) < 4.78 is 0.798. The van der Waals surface area contributed by atoms with Crippen molar-refractivity contribution in [3.05, 3.63) is 64.1 Å². The first-order chi connectivity index (χ1) is 11.5. The minimum absolute atomic E-state index is 0.0654. The van der Waals surface area contributed by atoms with E-state index in [1.165, 1.54) is 0 Å². The highest BCUT2D eigenvalue weighted by molar-refractivity contribution is 9.10. The molecule has 0 amide bonds. The van der Waals surface area contributed by atoms with E-state index in [4.69, 9.17) is 0 Å². The summed E-state index contributed by atoms with van der Waals surface area (Å²) in [4.78, 5) is 16.5. The highest BCUT2D eigenvalue weighted by Gasteiger charge is 2.46. The number of carbonyl (C=O) groups is 1. The second kappa shape index (κ2) is 6.77. The molecule has 2 aromatic rings. The van der Waals surface area contributed by atoms with Crippen LogP contribution in [-0.4, -0.2) is 28.4 Å². The fraction of sp³-hybridized carbons (Fsp3) is 0.263. The number of phenols is 1. The van der Waals surface area contributed by atoms with Gasteiger partial charge in [-0.05, 0) is 43.0 Å². The predicted octanol–water partition coefficient (Wildman–Crippen LogP) is 4.15. The number of nitrogens with zero attached hydrogens (tertiary/aromatic N) is 1. The van der Waals surface area contributed by atoms with E-state index in [9.17, 15) is 15.0 Å². The monoisotopic (exact) mass is 387 g/mol. The third kappa shape index (κ3) is 3.22. The third-order valence-electron chi connectivity index (χ3n) is 4.64. The third-order valence-corrected chi connectivity index (χ3v) is 5.13. The maximum absolute atomic E-state index is 11.9. The van der Waals surface area contributed by atoms with Gasteiger partial charge in [-0.1, -0.05) is 46.3 Å². The second-order valence-corrected chi connectivity index (χ2v) is 7.05. The highest BCUT2D eigenvalue weighted by atomic mass is 79.9. The van der Waals surface area contributed by atoms with Crippen molar-refractivity contribution in [1.29, 1.82) is 0 Å². The van der Waals surface area contributed by atoms with Crippen molar-refractivity contribution in [2.24, 2.45) is 4.99 Å². The standard InChI is InChI=1S/C19H18BrNO3/c20-15-7-6-13(17(22)10-15)12-21-16-8-9-19(11-16,18(23)24)14-4-2-1-3-5-14/h1-7,10,12,16,22H,8-9,11H2,(H,23,24)/t16-,19+/m1/s1. The lowest BCUT2D eigenvalue weighted by molar-refractivity contribution is -0.143. The average Bonchev–Trinajstić information content (AvgIpc) is 3.01. The average molecular weight is 388 g/mol. The van der Waals surface area contributed by atoms with E-state index in [0.717, 1.165) is 16.5 Å². The van der Waals surface area contributed by atoms with E-state index in [2.05, 4.69) is 20.9 Å². The Balaban J connectivity index is 1.81. The number of carboxylic acids is 1. The van der Waals surface area contributed by atoms with E-state index in [0.29, 0.717) is 18.4 Å². The molecule has 0 bridgehead atoms. The summed E-state index contributed by atoms with van der Waals surface area (Å²) in [6.07, 6.45) is 3.39. The van der Waals surface area contributed by atoms with Gasteiger partial charge < -0.3 is 10.2 Å². The number of phenolic OH excluding ortho intramolecular Hbond substituents is 1. The molecule has 1 aliphatic carbocycles. The maximum atomic E-state index is 11.9. The number of hydrogen-bond acceptors (Lipinski definition) is 3. The number of halogens is 1. The fourth-order valence-corrected chi connectivity index (χ4v) is 3.64. The zero-order valence-corrected chi connectivity index (χ0v) is 14.6. The lowest BCUT2D eigenvalue weighted by atomic mass is 9.79. The Bertz CT molecular complexity index is 775. The van der Waals surface area contributed by atoms with Crippen molar-refractivity contribution >= 4 is 28.1 Å². The summed E-state index contributed by atoms with van der Waals surface area (Å²) in [6, 6.07) is 14.5. The number of aliphatic imine (C=N–C) groups is 1. The summed E-state index contributed by atoms with van der Waals surface area (Å²) in [5.74, 6) is -0.642. The Morgan fingerprint density at radius 3 is 2.67 bits per heavy atom. The molecule has 0 unspecified atom stereocenters. The van der Waals surface area contributed by atoms with Crippen LogP contribution in [0.2, 0.25) is 0 Å². The van der Waals surface area contributed by atoms with Gasteiger partial charge in [0.05, 0.1) is 11.5 Å². The topological polar surface area (TPSA) is 69.9 Å². The normalized spacial score (nSPS) is 23.6. The van der Waals surface area contributed by atoms with Crippen LogP contribution in [0.15, 0.2) is 58.0 Å². The van der Waals surface area contributed by atoms with Crippen molar-refractivity contribution in [3.8, 4) is 5.75 Å². The van der Waals surface area contributed by atoms with E-state index < -0.39 is 11.4 Å². The Hall–Kier alpha value is -2.14. The van der Waals surface area contributed by atoms with Crippen LogP contribution in [0.5, 0.6) is 5.75 Å². The molecule has 0 aliphatic heterocycles. The van der Waals surface area contributed by atoms with E-state index in [1.54, 1.807) is 18.3 Å². The molecule has 24 heavy (non-hydrogen) atoms. The fourth-order valence-electron chi connectivity index (χ4n) is 3.30. The van der Waals surface area contributed by atoms with Crippen molar-refractivity contribution in [2.75, 3.05) is 0 Å². The van der Waals surface area contributed by atoms with Gasteiger partial charge in [-0.15, -0.1) is 0 Å². The van der Waals surface area contributed by atoms with Crippen molar-refractivity contribution in [2.45, 2.75) is 30.7 Å². The van der Waals surface area contributed by atoms with Crippen LogP contribution in [0.25, 0.3) is 0 Å². The first kappa shape index (κ1) is 16.7. The summed E-state index contributed by atoms with van der Waals surface area (Å²) >= 11 is 3.30. The molecule has 0 radical (unpaired) electrons. The molecule has 2 aromatic carbocycles. The molecule has 0 spiro atoms. The summed E-state index contributed by atoms with van der Waals surface area (Å²) in [5.41, 5.74) is 0.595. The van der Waals surface area contributed by atoms with Gasteiger partial charge in [0.25, 0.3) is 0 Å². The maximum Gasteiger partial charge on any atom is 0.314 e. The Labute approximate surface area is 149 Å². The van der Waals surface area contributed by atoms with Crippen LogP contribution in [0.1, 0.15) is 30.4 Å². The highest BCUT2D eigenvalue weighted by Crippen LogP contribution is 2.42. The minimum atomic E-state index is -0.870. The molecule has 1 saturated carbocycles. The molecule has 2 atom stereocenters. The first-order valence-corrected chi connectivity index (χ1v) is 8.61. The Morgan fingerprint density at radius 1 is 1.25 bits per heavy atom. The molecular weight excluding hydrogens is 370 g/mol. The molecule has 0 saturated heterocycles. The van der Waals surface area contributed by atoms with Gasteiger partial charge >= 0.3 is 5.97 Å². The number of aliphatic carboxylic acids is 1. The summed E-state index contributed by atoms with van der Waals surface area (Å²) in [6.45, 7) is 0. The predicted molar refractivity (Wildman–Crippen MR) is 96.8 cm³/mol. The van der Waals surface area contributed by atoms with Gasteiger partial charge in [0.1, 0.15) is 5.75 Å². The minimum Gasteiger partial charge on any atom is -0.507 e. The zero-order valence-electron chi connectivity index (χ0n) is 13.0. The first-order valence-electron chi connectivity index (χ1n) is 7.82. The molecule has 124 valence electrons. The van der Waals surface area contributed by atoms with Gasteiger partial charge in [-0.25, -0.2) is 0 Å². The molecule has 1 aliphatic rings. The zero-order chi connectivity index (χ0) is 17.2. The number of benzene rings is 2. The molecule has 1 fully saturated rings. The molecule has 2 N–H and O–H groups in total.